The number of ether oxygens (including phenoxy) is 1. The number of aryl methyl sites for hydroxylation is 1. The van der Waals surface area contributed by atoms with E-state index in [2.05, 4.69) is 9.97 Å². The summed E-state index contributed by atoms with van der Waals surface area (Å²) in [6.45, 7) is 3.92. The maximum absolute atomic E-state index is 11.6. The Balaban J connectivity index is 2.58. The second-order valence-electron chi connectivity index (χ2n) is 3.53. The maximum Gasteiger partial charge on any atom is 0.341 e. The normalized spacial score (nSPS) is 10.5. The molecular weight excluding hydrogens is 240 g/mol. The number of carbonyl (C=O) groups excluding carboxylic acids is 1. The van der Waals surface area contributed by atoms with Gasteiger partial charge in [-0.05, 0) is 26.0 Å². The summed E-state index contributed by atoms with van der Waals surface area (Å²) < 4.78 is 4.90. The Morgan fingerprint density at radius 3 is 2.94 bits per heavy atom. The topological polar surface area (TPSA) is 52.1 Å². The smallest absolute Gasteiger partial charge is 0.341 e. The Hall–Kier alpha value is -1.68. The molecule has 17 heavy (non-hydrogen) atoms. The number of hydrogen-bond donors (Lipinski definition) is 0. The van der Waals surface area contributed by atoms with E-state index in [0.717, 1.165) is 5.69 Å². The van der Waals surface area contributed by atoms with Gasteiger partial charge in [0.15, 0.2) is 5.65 Å². The highest BCUT2D eigenvalue weighted by atomic mass is 35.5. The van der Waals surface area contributed by atoms with Crippen LogP contribution >= 0.6 is 11.6 Å². The number of fused-ring (bicyclic) bond motifs is 1. The van der Waals surface area contributed by atoms with Crippen LogP contribution in [0.4, 0.5) is 0 Å². The number of hydrogen-bond acceptors (Lipinski definition) is 4. The van der Waals surface area contributed by atoms with Crippen LogP contribution in [0.1, 0.15) is 23.0 Å². The van der Waals surface area contributed by atoms with Gasteiger partial charge in [-0.25, -0.2) is 14.8 Å². The molecule has 88 valence electrons. The molecule has 0 bridgehead atoms. The zero-order chi connectivity index (χ0) is 12.4. The van der Waals surface area contributed by atoms with Crippen molar-refractivity contribution in [1.82, 2.24) is 9.97 Å². The third-order valence-electron chi connectivity index (χ3n) is 2.30. The molecule has 0 aliphatic carbocycles. The first kappa shape index (κ1) is 11.8. The van der Waals surface area contributed by atoms with Gasteiger partial charge in [-0.15, -0.1) is 0 Å². The first-order valence-corrected chi connectivity index (χ1v) is 5.60. The Labute approximate surface area is 104 Å². The first-order chi connectivity index (χ1) is 8.13. The monoisotopic (exact) mass is 250 g/mol. The van der Waals surface area contributed by atoms with Crippen molar-refractivity contribution in [1.29, 1.82) is 0 Å². The van der Waals surface area contributed by atoms with Crippen LogP contribution in [0.3, 0.4) is 0 Å². The van der Waals surface area contributed by atoms with Crippen LogP contribution in [0.2, 0.25) is 5.02 Å². The standard InChI is InChI=1S/C12H11ClN2O2/c1-3-17-12(16)9-6-14-11-8(10(9)13)5-4-7(2)15-11/h4-6H,3H2,1-2H3. The van der Waals surface area contributed by atoms with Gasteiger partial charge < -0.3 is 4.74 Å². The number of esters is 1. The summed E-state index contributed by atoms with van der Waals surface area (Å²) in [5, 5.41) is 0.990. The SMILES string of the molecule is CCOC(=O)c1cnc2nc(C)ccc2c1Cl. The molecule has 0 spiro atoms. The van der Waals surface area contributed by atoms with Crippen molar-refractivity contribution in [2.24, 2.45) is 0 Å². The second kappa shape index (κ2) is 4.67. The van der Waals surface area contributed by atoms with E-state index in [4.69, 9.17) is 16.3 Å². The molecule has 2 rings (SSSR count). The third-order valence-corrected chi connectivity index (χ3v) is 2.71. The van der Waals surface area contributed by atoms with E-state index in [1.165, 1.54) is 6.20 Å². The summed E-state index contributed by atoms with van der Waals surface area (Å²) in [6.07, 6.45) is 1.40. The van der Waals surface area contributed by atoms with Gasteiger partial charge in [-0.2, -0.15) is 0 Å². The van der Waals surface area contributed by atoms with Gasteiger partial charge in [0.25, 0.3) is 0 Å². The van der Waals surface area contributed by atoms with Crippen LogP contribution in [0, 0.1) is 6.92 Å². The Morgan fingerprint density at radius 1 is 1.47 bits per heavy atom. The lowest BCUT2D eigenvalue weighted by molar-refractivity contribution is 0.0526. The number of carbonyl (C=O) groups is 1. The largest absolute Gasteiger partial charge is 0.462 e. The van der Waals surface area contributed by atoms with E-state index in [-0.39, 0.29) is 5.56 Å². The fraction of sp³-hybridized carbons (Fsp3) is 0.250. The fourth-order valence-corrected chi connectivity index (χ4v) is 1.76. The van der Waals surface area contributed by atoms with Crippen molar-refractivity contribution >= 4 is 28.6 Å². The number of pyridine rings is 2. The summed E-state index contributed by atoms with van der Waals surface area (Å²) in [5.41, 5.74) is 1.65. The van der Waals surface area contributed by atoms with E-state index in [9.17, 15) is 4.79 Å². The molecule has 2 aromatic rings. The average Bonchev–Trinajstić information content (AvgIpc) is 2.29. The molecule has 5 heteroatoms. The molecule has 0 saturated carbocycles. The van der Waals surface area contributed by atoms with Crippen LogP contribution < -0.4 is 0 Å². The number of halogens is 1. The molecule has 0 saturated heterocycles. The van der Waals surface area contributed by atoms with Crippen LogP contribution in [-0.2, 0) is 4.74 Å². The molecule has 0 aromatic carbocycles. The minimum Gasteiger partial charge on any atom is -0.462 e. The van der Waals surface area contributed by atoms with Gasteiger partial charge in [-0.1, -0.05) is 11.6 Å². The predicted molar refractivity (Wildman–Crippen MR) is 65.2 cm³/mol. The third kappa shape index (κ3) is 2.22. The van der Waals surface area contributed by atoms with Gasteiger partial charge in [0.2, 0.25) is 0 Å². The summed E-state index contributed by atoms with van der Waals surface area (Å²) >= 11 is 6.14. The van der Waals surface area contributed by atoms with E-state index >= 15 is 0 Å². The van der Waals surface area contributed by atoms with Gasteiger partial charge in [0, 0.05) is 17.3 Å². The molecule has 0 aliphatic heterocycles. The van der Waals surface area contributed by atoms with Crippen molar-refractivity contribution in [3.8, 4) is 0 Å². The quantitative estimate of drug-likeness (QED) is 0.769. The number of rotatable bonds is 2. The zero-order valence-electron chi connectivity index (χ0n) is 9.53. The summed E-state index contributed by atoms with van der Waals surface area (Å²) in [4.78, 5) is 20.0. The lowest BCUT2D eigenvalue weighted by Crippen LogP contribution is -2.06. The van der Waals surface area contributed by atoms with Crippen LogP contribution in [0.15, 0.2) is 18.3 Å². The number of nitrogens with zero attached hydrogens (tertiary/aromatic N) is 2. The van der Waals surface area contributed by atoms with Crippen molar-refractivity contribution in [3.63, 3.8) is 0 Å². The van der Waals surface area contributed by atoms with Crippen molar-refractivity contribution in [2.75, 3.05) is 6.61 Å². The van der Waals surface area contributed by atoms with Gasteiger partial charge in [0.1, 0.15) is 0 Å². The fourth-order valence-electron chi connectivity index (χ4n) is 1.49. The highest BCUT2D eigenvalue weighted by Gasteiger charge is 2.15. The summed E-state index contributed by atoms with van der Waals surface area (Å²) in [6, 6.07) is 3.63. The van der Waals surface area contributed by atoms with Crippen LogP contribution in [0.5, 0.6) is 0 Å². The van der Waals surface area contributed by atoms with Gasteiger partial charge >= 0.3 is 5.97 Å². The highest BCUT2D eigenvalue weighted by molar-refractivity contribution is 6.38. The predicted octanol–water partition coefficient (Wildman–Crippen LogP) is 2.77. The molecule has 2 aromatic heterocycles. The van der Waals surface area contributed by atoms with E-state index in [1.54, 1.807) is 13.0 Å². The molecule has 0 unspecified atom stereocenters. The van der Waals surface area contributed by atoms with Crippen molar-refractivity contribution < 1.29 is 9.53 Å². The van der Waals surface area contributed by atoms with Gasteiger partial charge in [-0.3, -0.25) is 0 Å². The minimum absolute atomic E-state index is 0.270. The van der Waals surface area contributed by atoms with E-state index in [1.807, 2.05) is 13.0 Å². The summed E-state index contributed by atoms with van der Waals surface area (Å²) in [7, 11) is 0. The first-order valence-electron chi connectivity index (χ1n) is 5.22. The molecule has 2 heterocycles. The minimum atomic E-state index is -0.465. The van der Waals surface area contributed by atoms with Gasteiger partial charge in [0.05, 0.1) is 17.2 Å². The second-order valence-corrected chi connectivity index (χ2v) is 3.91. The highest BCUT2D eigenvalue weighted by Crippen LogP contribution is 2.25. The van der Waals surface area contributed by atoms with Crippen molar-refractivity contribution in [3.05, 3.63) is 34.6 Å². The van der Waals surface area contributed by atoms with Crippen molar-refractivity contribution in [2.45, 2.75) is 13.8 Å². The Bertz CT molecular complexity index is 584. The average molecular weight is 251 g/mol. The van der Waals surface area contributed by atoms with Crippen LogP contribution in [-0.4, -0.2) is 22.5 Å². The molecule has 0 fully saturated rings. The molecule has 0 aliphatic rings. The lowest BCUT2D eigenvalue weighted by atomic mass is 10.2. The van der Waals surface area contributed by atoms with E-state index in [0.29, 0.717) is 22.7 Å². The molecule has 0 radical (unpaired) electrons. The number of aromatic nitrogens is 2. The summed E-state index contributed by atoms with van der Waals surface area (Å²) in [5.74, 6) is -0.465. The Morgan fingerprint density at radius 2 is 2.24 bits per heavy atom. The molecular formula is C12H11ClN2O2. The zero-order valence-corrected chi connectivity index (χ0v) is 10.3. The molecule has 0 amide bonds. The lowest BCUT2D eigenvalue weighted by Gasteiger charge is -2.06. The van der Waals surface area contributed by atoms with Crippen LogP contribution in [0.25, 0.3) is 11.0 Å². The molecule has 0 N–H and O–H groups in total. The molecule has 0 atom stereocenters. The van der Waals surface area contributed by atoms with E-state index < -0.39 is 5.97 Å². The molecule has 4 nitrogen and oxygen atoms in total. The maximum atomic E-state index is 11.6. The Kier molecular flexibility index (Phi) is 3.24.